The molecule has 1 fully saturated rings. The third-order valence-corrected chi connectivity index (χ3v) is 9.90. The lowest BCUT2D eigenvalue weighted by Gasteiger charge is -2.23. The van der Waals surface area contributed by atoms with Crippen LogP contribution in [0, 0.1) is 0 Å². The Morgan fingerprint density at radius 1 is 0.488 bits per heavy atom. The van der Waals surface area contributed by atoms with E-state index in [0.29, 0.717) is 39.6 Å². The van der Waals surface area contributed by atoms with Crippen LogP contribution in [0.2, 0.25) is 0 Å². The van der Waals surface area contributed by atoms with E-state index in [1.807, 2.05) is 72.8 Å². The van der Waals surface area contributed by atoms with E-state index in [-0.39, 0.29) is 33.6 Å². The molecule has 4 atom stereocenters. The van der Waals surface area contributed by atoms with Crippen LogP contribution in [0.25, 0.3) is 0 Å². The first-order valence-electron chi connectivity index (χ1n) is 14.2. The molecule has 1 saturated heterocycles. The number of rotatable bonds is 15. The van der Waals surface area contributed by atoms with Gasteiger partial charge in [0, 0.05) is 10.9 Å². The van der Waals surface area contributed by atoms with Crippen LogP contribution < -0.4 is 0 Å². The highest BCUT2D eigenvalue weighted by Crippen LogP contribution is 2.37. The van der Waals surface area contributed by atoms with Crippen molar-refractivity contribution >= 4 is 10.9 Å². The molecule has 212 valence electrons. The molecule has 4 aromatic rings. The summed E-state index contributed by atoms with van der Waals surface area (Å²) in [5, 5.41) is 2.29. The molecule has 1 aliphatic rings. The standard InChI is InChI=1S/C36H39O4S/c1-2-41-33(27-37-23-29-15-7-3-8-16-29)35(39-25-31-19-11-5-12-20-31)36(40-26-32-21-13-6-14-22-32)34(41)28-38-24-30-17-9-4-10-18-30/h2-22,33-36H,1,23-28H2/q+1/t33-,34-,35+,36+/m0/s1. The van der Waals surface area contributed by atoms with Crippen LogP contribution in [0.15, 0.2) is 133 Å². The van der Waals surface area contributed by atoms with Crippen molar-refractivity contribution in [2.45, 2.75) is 49.1 Å². The molecule has 5 heteroatoms. The molecule has 1 aliphatic heterocycles. The number of hydrogen-bond acceptors (Lipinski definition) is 4. The lowest BCUT2D eigenvalue weighted by molar-refractivity contribution is -0.0914. The fourth-order valence-corrected chi connectivity index (χ4v) is 7.76. The van der Waals surface area contributed by atoms with Gasteiger partial charge in [-0.1, -0.05) is 128 Å². The van der Waals surface area contributed by atoms with Crippen LogP contribution in [-0.4, -0.2) is 35.9 Å². The van der Waals surface area contributed by atoms with Crippen LogP contribution in [0.3, 0.4) is 0 Å². The Hall–Kier alpha value is -3.19. The molecule has 4 nitrogen and oxygen atoms in total. The molecule has 0 spiro atoms. The summed E-state index contributed by atoms with van der Waals surface area (Å²) >= 11 is 0. The second-order valence-electron chi connectivity index (χ2n) is 10.2. The Labute approximate surface area is 247 Å². The lowest BCUT2D eigenvalue weighted by atomic mass is 10.1. The van der Waals surface area contributed by atoms with E-state index < -0.39 is 0 Å². The number of benzene rings is 4. The predicted octanol–water partition coefficient (Wildman–Crippen LogP) is 7.10. The number of hydrogen-bond donors (Lipinski definition) is 0. The predicted molar refractivity (Wildman–Crippen MR) is 167 cm³/mol. The van der Waals surface area contributed by atoms with Crippen molar-refractivity contribution < 1.29 is 18.9 Å². The molecule has 0 amide bonds. The molecule has 4 aromatic carbocycles. The molecule has 0 N–H and O–H groups in total. The fraction of sp³-hybridized carbons (Fsp3) is 0.278. The minimum atomic E-state index is -0.238. The van der Waals surface area contributed by atoms with Gasteiger partial charge < -0.3 is 18.9 Å². The van der Waals surface area contributed by atoms with Crippen LogP contribution >= 0.6 is 0 Å². The molecule has 0 radical (unpaired) electrons. The van der Waals surface area contributed by atoms with Gasteiger partial charge in [-0.3, -0.25) is 0 Å². The smallest absolute Gasteiger partial charge is 0.175 e. The minimum absolute atomic E-state index is 0.103. The normalized spacial score (nSPS) is 22.0. The van der Waals surface area contributed by atoms with Gasteiger partial charge in [0.25, 0.3) is 0 Å². The summed E-state index contributed by atoms with van der Waals surface area (Å²) < 4.78 is 26.1. The summed E-state index contributed by atoms with van der Waals surface area (Å²) in [6, 6.07) is 41.3. The van der Waals surface area contributed by atoms with Crippen molar-refractivity contribution in [3.63, 3.8) is 0 Å². The van der Waals surface area contributed by atoms with Gasteiger partial charge in [-0.2, -0.15) is 0 Å². The van der Waals surface area contributed by atoms with E-state index in [0.717, 1.165) is 22.3 Å². The highest BCUT2D eigenvalue weighted by atomic mass is 32.2. The van der Waals surface area contributed by atoms with Crippen LogP contribution in [0.5, 0.6) is 0 Å². The van der Waals surface area contributed by atoms with Crippen molar-refractivity contribution in [1.82, 2.24) is 0 Å². The van der Waals surface area contributed by atoms with Crippen LogP contribution in [0.1, 0.15) is 22.3 Å². The van der Waals surface area contributed by atoms with Gasteiger partial charge in [-0.15, -0.1) is 0 Å². The second kappa shape index (κ2) is 15.7. The highest BCUT2D eigenvalue weighted by molar-refractivity contribution is 8.01. The molecule has 5 rings (SSSR count). The van der Waals surface area contributed by atoms with Gasteiger partial charge in [-0.25, -0.2) is 0 Å². The molecule has 0 aliphatic carbocycles. The van der Waals surface area contributed by atoms with E-state index in [9.17, 15) is 0 Å². The molecular formula is C36H39O4S+. The zero-order valence-corrected chi connectivity index (χ0v) is 24.2. The molecule has 0 saturated carbocycles. The van der Waals surface area contributed by atoms with Crippen LogP contribution in [0.4, 0.5) is 0 Å². The van der Waals surface area contributed by atoms with Gasteiger partial charge in [0.05, 0.1) is 39.6 Å². The van der Waals surface area contributed by atoms with Crippen molar-refractivity contribution in [1.29, 1.82) is 0 Å². The Kier molecular flexibility index (Phi) is 11.2. The summed E-state index contributed by atoms with van der Waals surface area (Å²) in [6.45, 7) is 7.53. The fourth-order valence-electron chi connectivity index (χ4n) is 5.22. The topological polar surface area (TPSA) is 36.9 Å². The average molecular weight is 568 g/mol. The second-order valence-corrected chi connectivity index (χ2v) is 12.5. The van der Waals surface area contributed by atoms with Gasteiger partial charge in [0.2, 0.25) is 0 Å². The van der Waals surface area contributed by atoms with E-state index in [1.54, 1.807) is 0 Å². The summed E-state index contributed by atoms with van der Waals surface area (Å²) in [4.78, 5) is 0. The third-order valence-electron chi connectivity index (χ3n) is 7.31. The molecule has 1 heterocycles. The average Bonchev–Trinajstić information content (AvgIpc) is 3.32. The maximum absolute atomic E-state index is 6.73. The van der Waals surface area contributed by atoms with Crippen molar-refractivity contribution in [3.8, 4) is 0 Å². The monoisotopic (exact) mass is 567 g/mol. The minimum Gasteiger partial charge on any atom is -0.371 e. The largest absolute Gasteiger partial charge is 0.371 e. The van der Waals surface area contributed by atoms with Gasteiger partial charge in [-0.05, 0) is 22.3 Å². The summed E-state index contributed by atoms with van der Waals surface area (Å²) in [6.07, 6.45) is -0.331. The van der Waals surface area contributed by atoms with E-state index in [2.05, 4.69) is 60.5 Å². The Bertz CT molecular complexity index is 1190. The quantitative estimate of drug-likeness (QED) is 0.144. The SMILES string of the molecule is C=C[S+]1[C@@H](COCc2ccccc2)[C@@H](OCc2ccccc2)[C@H](OCc2ccccc2)[C@@H]1COCc1ccccc1. The van der Waals surface area contributed by atoms with Gasteiger partial charge in [0.15, 0.2) is 10.5 Å². The lowest BCUT2D eigenvalue weighted by Crippen LogP contribution is -2.40. The Balaban J connectivity index is 1.36. The van der Waals surface area contributed by atoms with Gasteiger partial charge in [0.1, 0.15) is 17.6 Å². The van der Waals surface area contributed by atoms with E-state index >= 15 is 0 Å². The first kappa shape index (κ1) is 29.3. The molecule has 0 unspecified atom stereocenters. The Morgan fingerprint density at radius 3 is 1.12 bits per heavy atom. The molecule has 0 aromatic heterocycles. The van der Waals surface area contributed by atoms with E-state index in [1.165, 1.54) is 0 Å². The van der Waals surface area contributed by atoms with Crippen molar-refractivity contribution in [2.24, 2.45) is 0 Å². The zero-order chi connectivity index (χ0) is 28.1. The molecule has 41 heavy (non-hydrogen) atoms. The Morgan fingerprint density at radius 2 is 0.805 bits per heavy atom. The zero-order valence-electron chi connectivity index (χ0n) is 23.4. The maximum Gasteiger partial charge on any atom is 0.175 e. The van der Waals surface area contributed by atoms with Crippen molar-refractivity contribution in [2.75, 3.05) is 13.2 Å². The van der Waals surface area contributed by atoms with E-state index in [4.69, 9.17) is 18.9 Å². The molecule has 0 bridgehead atoms. The van der Waals surface area contributed by atoms with Crippen LogP contribution in [-0.2, 0) is 56.3 Å². The summed E-state index contributed by atoms with van der Waals surface area (Å²) in [5.41, 5.74) is 4.59. The first-order valence-corrected chi connectivity index (χ1v) is 15.6. The molecular weight excluding hydrogens is 528 g/mol. The maximum atomic E-state index is 6.73. The first-order chi connectivity index (χ1) is 20.3. The highest BCUT2D eigenvalue weighted by Gasteiger charge is 2.59. The third kappa shape index (κ3) is 8.41. The number of ether oxygens (including phenoxy) is 4. The summed E-state index contributed by atoms with van der Waals surface area (Å²) in [5.74, 6) is 0. The summed E-state index contributed by atoms with van der Waals surface area (Å²) in [7, 11) is -0.238. The van der Waals surface area contributed by atoms with Gasteiger partial charge >= 0.3 is 0 Å². The van der Waals surface area contributed by atoms with Crippen molar-refractivity contribution in [3.05, 3.63) is 156 Å².